The molecule has 5 heterocycles. The summed E-state index contributed by atoms with van der Waals surface area (Å²) in [6.45, 7) is 3.80. The predicted octanol–water partition coefficient (Wildman–Crippen LogP) is 4.90. The summed E-state index contributed by atoms with van der Waals surface area (Å²) in [7, 11) is -3.83. The number of rotatable bonds is 16. The second-order valence-electron chi connectivity index (χ2n) is 18.8. The molecule has 4 aromatic rings. The number of ether oxygens (including phenoxy) is 2. The summed E-state index contributed by atoms with van der Waals surface area (Å²) in [5, 5.41) is 27.5. The molecule has 1 saturated carbocycles. The molecule has 9 rings (SSSR count). The number of aromatic carboxylic acids is 1. The van der Waals surface area contributed by atoms with Crippen molar-refractivity contribution in [2.75, 3.05) is 43.5 Å². The SMILES string of the molecule is CC1(C)C[C@@H](Nc2cccc(-c3sc(C(=O)O)c(OCC(=O)O)c3Cl)c2)CCN1S(=O)(=O)Cc1cccc(NC(=O)C2[C@H]3CN(C(=O)COc4cccc5c4CN(C4CCC(=O)NC4=O)C5=O)C[C@@H]23)c1. The van der Waals surface area contributed by atoms with Crippen LogP contribution >= 0.6 is 22.9 Å². The molecule has 3 aromatic carbocycles. The highest BCUT2D eigenvalue weighted by Crippen LogP contribution is 2.52. The lowest BCUT2D eigenvalue weighted by Gasteiger charge is -2.45. The Bertz CT molecular complexity index is 2950. The summed E-state index contributed by atoms with van der Waals surface area (Å²) in [6, 6.07) is 18.0. The van der Waals surface area contributed by atoms with Crippen molar-refractivity contribution in [1.29, 1.82) is 0 Å². The summed E-state index contributed by atoms with van der Waals surface area (Å²) in [5.74, 6) is -4.82. The smallest absolute Gasteiger partial charge is 0.349 e. The fraction of sp³-hybridized carbons (Fsp3) is 0.396. The summed E-state index contributed by atoms with van der Waals surface area (Å²) in [6.07, 6.45) is 1.31. The van der Waals surface area contributed by atoms with Gasteiger partial charge in [-0.05, 0) is 92.5 Å². The van der Waals surface area contributed by atoms with Crippen molar-refractivity contribution in [1.82, 2.24) is 19.4 Å². The molecule has 22 heteroatoms. The highest BCUT2D eigenvalue weighted by molar-refractivity contribution is 7.88. The van der Waals surface area contributed by atoms with E-state index in [-0.39, 0.29) is 101 Å². The van der Waals surface area contributed by atoms with Crippen molar-refractivity contribution in [2.24, 2.45) is 17.8 Å². The molecule has 19 nitrogen and oxygen atoms in total. The van der Waals surface area contributed by atoms with Gasteiger partial charge in [-0.15, -0.1) is 11.3 Å². The minimum Gasteiger partial charge on any atom is -0.483 e. The van der Waals surface area contributed by atoms with Gasteiger partial charge in [0.05, 0.1) is 17.2 Å². The van der Waals surface area contributed by atoms with E-state index in [1.165, 1.54) is 9.21 Å². The van der Waals surface area contributed by atoms with E-state index in [4.69, 9.17) is 26.2 Å². The van der Waals surface area contributed by atoms with E-state index in [0.717, 1.165) is 11.3 Å². The van der Waals surface area contributed by atoms with Crippen LogP contribution in [0.4, 0.5) is 11.4 Å². The quantitative estimate of drug-likeness (QED) is 0.0937. The average Bonchev–Trinajstić information content (AvgIpc) is 3.51. The number of piperidine rings is 3. The Balaban J connectivity index is 0.751. The number of nitrogens with zero attached hydrogens (tertiary/aromatic N) is 3. The van der Waals surface area contributed by atoms with Gasteiger partial charge in [-0.1, -0.05) is 41.9 Å². The Morgan fingerprint density at radius 2 is 1.66 bits per heavy atom. The fourth-order valence-corrected chi connectivity index (χ4v) is 13.7. The summed E-state index contributed by atoms with van der Waals surface area (Å²) in [4.78, 5) is 90.3. The average molecular weight is 1020 g/mol. The molecule has 368 valence electrons. The number of aliphatic carboxylic acids is 1. The van der Waals surface area contributed by atoms with E-state index in [9.17, 15) is 47.1 Å². The zero-order chi connectivity index (χ0) is 49.8. The second kappa shape index (κ2) is 19.0. The van der Waals surface area contributed by atoms with Crippen LogP contribution in [-0.4, -0.2) is 125 Å². The van der Waals surface area contributed by atoms with Crippen molar-refractivity contribution in [3.05, 3.63) is 93.3 Å². The lowest BCUT2D eigenvalue weighted by Crippen LogP contribution is -2.55. The number of benzene rings is 3. The van der Waals surface area contributed by atoms with Gasteiger partial charge in [0.1, 0.15) is 16.8 Å². The summed E-state index contributed by atoms with van der Waals surface area (Å²) < 4.78 is 40.7. The lowest BCUT2D eigenvalue weighted by atomic mass is 9.89. The van der Waals surface area contributed by atoms with Crippen molar-refractivity contribution in [3.63, 3.8) is 0 Å². The van der Waals surface area contributed by atoms with Gasteiger partial charge in [0, 0.05) is 66.1 Å². The van der Waals surface area contributed by atoms with Crippen LogP contribution in [0.2, 0.25) is 5.02 Å². The molecule has 0 radical (unpaired) electrons. The van der Waals surface area contributed by atoms with Crippen molar-refractivity contribution >= 4 is 85.8 Å². The number of carbonyl (C=O) groups is 7. The van der Waals surface area contributed by atoms with E-state index >= 15 is 0 Å². The number of fused-ring (bicyclic) bond motifs is 2. The lowest BCUT2D eigenvalue weighted by molar-refractivity contribution is -0.139. The molecule has 70 heavy (non-hydrogen) atoms. The number of carbonyl (C=O) groups excluding carboxylic acids is 5. The first kappa shape index (κ1) is 48.5. The number of nitrogens with one attached hydrogen (secondary N) is 3. The maximum absolute atomic E-state index is 14.0. The van der Waals surface area contributed by atoms with Crippen LogP contribution in [0.5, 0.6) is 11.5 Å². The Kier molecular flexibility index (Phi) is 13.1. The number of sulfonamides is 1. The number of hydrogen-bond donors (Lipinski definition) is 5. The molecule has 0 spiro atoms. The largest absolute Gasteiger partial charge is 0.483 e. The van der Waals surface area contributed by atoms with E-state index in [2.05, 4.69) is 16.0 Å². The molecule has 2 unspecified atom stereocenters. The van der Waals surface area contributed by atoms with Gasteiger partial charge in [0.25, 0.3) is 11.8 Å². The first-order valence-corrected chi connectivity index (χ1v) is 25.4. The number of hydrogen-bond acceptors (Lipinski definition) is 13. The first-order valence-electron chi connectivity index (χ1n) is 22.6. The Hall–Kier alpha value is -6.55. The third-order valence-corrected chi connectivity index (χ3v) is 17.3. The number of amides is 5. The molecule has 4 aliphatic heterocycles. The number of anilines is 2. The molecule has 5 amide bonds. The molecule has 5 aliphatic rings. The Labute approximate surface area is 411 Å². The standard InChI is InChI=1S/C48H49ClN6O13S2/c1-48(2)18-29(50-28-9-4-7-26(17-28)42-40(49)41(68-23-38(58)59)43(69-42)47(63)64)14-15-55(48)70(65,66)24-25-6-3-8-27(16-25)51-45(61)39-32-19-53(20-33(32)39)37(57)22-67-35-11-5-10-30-31(35)21-54(46(30)62)34-12-13-36(56)52-44(34)60/h3-11,16-17,29,32-34,39,50H,12-15,18-24H2,1-2H3,(H,51,61)(H,58,59)(H,63,64)(H,52,56,60)/t29-,32-,33+,34?,39?/m0/s1. The highest BCUT2D eigenvalue weighted by Gasteiger charge is 2.60. The number of carboxylic acid groups (broad SMARTS) is 2. The normalized spacial score (nSPS) is 22.7. The van der Waals surface area contributed by atoms with Gasteiger partial charge >= 0.3 is 11.9 Å². The minimum atomic E-state index is -3.83. The van der Waals surface area contributed by atoms with E-state index in [0.29, 0.717) is 70.2 Å². The van der Waals surface area contributed by atoms with E-state index in [1.54, 1.807) is 65.6 Å². The molecular weight excluding hydrogens is 968 g/mol. The van der Waals surface area contributed by atoms with E-state index in [1.807, 2.05) is 19.9 Å². The molecule has 1 aromatic heterocycles. The zero-order valence-corrected chi connectivity index (χ0v) is 40.3. The highest BCUT2D eigenvalue weighted by atomic mass is 35.5. The van der Waals surface area contributed by atoms with Crippen LogP contribution in [0, 0.1) is 17.8 Å². The minimum absolute atomic E-state index is 0.0107. The molecule has 1 aliphatic carbocycles. The van der Waals surface area contributed by atoms with Gasteiger partial charge in [0.2, 0.25) is 27.7 Å². The van der Waals surface area contributed by atoms with Gasteiger partial charge in [-0.3, -0.25) is 29.3 Å². The number of carboxylic acids is 2. The zero-order valence-electron chi connectivity index (χ0n) is 37.9. The van der Waals surface area contributed by atoms with E-state index < -0.39 is 46.1 Å². The fourth-order valence-electron chi connectivity index (χ4n) is 10.3. The molecule has 3 saturated heterocycles. The van der Waals surface area contributed by atoms with Gasteiger partial charge < -0.3 is 40.1 Å². The third-order valence-electron chi connectivity index (χ3n) is 13.6. The van der Waals surface area contributed by atoms with Crippen LogP contribution < -0.4 is 25.4 Å². The molecule has 4 fully saturated rings. The molecular formula is C48H49ClN6O13S2. The van der Waals surface area contributed by atoms with Gasteiger partial charge in [-0.2, -0.15) is 4.31 Å². The number of halogens is 1. The molecule has 5 atom stereocenters. The maximum atomic E-state index is 14.0. The number of likely N-dealkylation sites (tertiary alicyclic amines) is 1. The summed E-state index contributed by atoms with van der Waals surface area (Å²) in [5.41, 5.74) is 2.42. The van der Waals surface area contributed by atoms with Crippen LogP contribution in [0.1, 0.15) is 70.7 Å². The van der Waals surface area contributed by atoms with Gasteiger partial charge in [-0.25, -0.2) is 18.0 Å². The summed E-state index contributed by atoms with van der Waals surface area (Å²) >= 11 is 7.39. The number of imide groups is 1. The Morgan fingerprint density at radius 3 is 2.37 bits per heavy atom. The topological polar surface area (TPSA) is 258 Å². The molecule has 5 N–H and O–H groups in total. The van der Waals surface area contributed by atoms with Gasteiger partial charge in [0.15, 0.2) is 23.8 Å². The third kappa shape index (κ3) is 9.79. The second-order valence-corrected chi connectivity index (χ2v) is 22.1. The van der Waals surface area contributed by atoms with Crippen LogP contribution in [0.25, 0.3) is 10.4 Å². The Morgan fingerprint density at radius 1 is 0.929 bits per heavy atom. The maximum Gasteiger partial charge on any atom is 0.349 e. The molecule has 0 bridgehead atoms. The van der Waals surface area contributed by atoms with Crippen molar-refractivity contribution in [2.45, 2.75) is 69.5 Å². The predicted molar refractivity (Wildman–Crippen MR) is 255 cm³/mol. The van der Waals surface area contributed by atoms with Crippen LogP contribution in [-0.2, 0) is 46.3 Å². The number of thiophene rings is 1. The monoisotopic (exact) mass is 1020 g/mol. The van der Waals surface area contributed by atoms with Crippen LogP contribution in [0.15, 0.2) is 66.7 Å². The van der Waals surface area contributed by atoms with Crippen molar-refractivity contribution in [3.8, 4) is 21.9 Å². The van der Waals surface area contributed by atoms with Crippen LogP contribution in [0.3, 0.4) is 0 Å². The van der Waals surface area contributed by atoms with Crippen molar-refractivity contribution < 1.29 is 61.7 Å². The first-order chi connectivity index (χ1) is 33.3.